The predicted molar refractivity (Wildman–Crippen MR) is 70.8 cm³/mol. The minimum absolute atomic E-state index is 0.0589. The van der Waals surface area contributed by atoms with Crippen molar-refractivity contribution in [3.8, 4) is 11.5 Å². The minimum atomic E-state index is 0.0589. The number of hydrogen-bond donors (Lipinski definition) is 1. The molecule has 0 amide bonds. The maximum absolute atomic E-state index is 5.80. The Hall–Kier alpha value is -1.19. The van der Waals surface area contributed by atoms with Crippen molar-refractivity contribution in [3.63, 3.8) is 0 Å². The van der Waals surface area contributed by atoms with Gasteiger partial charge < -0.3 is 15.2 Å². The molecule has 0 radical (unpaired) electrons. The first-order valence-electron chi connectivity index (χ1n) is 5.41. The van der Waals surface area contributed by atoms with Gasteiger partial charge in [-0.1, -0.05) is 18.2 Å². The lowest BCUT2D eigenvalue weighted by molar-refractivity contribution is 0.352. The van der Waals surface area contributed by atoms with Crippen LogP contribution in [-0.4, -0.2) is 19.8 Å². The molecule has 0 aliphatic rings. The van der Waals surface area contributed by atoms with Crippen LogP contribution in [-0.2, 0) is 6.42 Å². The van der Waals surface area contributed by atoms with E-state index in [4.69, 9.17) is 26.8 Å². The molecule has 1 atom stereocenters. The topological polar surface area (TPSA) is 44.5 Å². The lowest BCUT2D eigenvalue weighted by atomic mass is 10.1. The number of hydrogen-bond acceptors (Lipinski definition) is 3. The van der Waals surface area contributed by atoms with E-state index in [1.54, 1.807) is 7.11 Å². The quantitative estimate of drug-likeness (QED) is 0.850. The highest BCUT2D eigenvalue weighted by Crippen LogP contribution is 2.25. The summed E-state index contributed by atoms with van der Waals surface area (Å²) in [5.74, 6) is 1.56. The summed E-state index contributed by atoms with van der Waals surface area (Å²) in [6.07, 6.45) is 0.724. The minimum Gasteiger partial charge on any atom is -0.497 e. The van der Waals surface area contributed by atoms with Crippen molar-refractivity contribution < 1.29 is 9.47 Å². The third-order valence-electron chi connectivity index (χ3n) is 2.19. The van der Waals surface area contributed by atoms with Crippen LogP contribution >= 0.6 is 11.6 Å². The molecule has 0 fully saturated rings. The molecule has 0 aliphatic carbocycles. The van der Waals surface area contributed by atoms with Gasteiger partial charge in [0.25, 0.3) is 0 Å². The van der Waals surface area contributed by atoms with Gasteiger partial charge in [0.15, 0.2) is 0 Å². The Balaban J connectivity index is 2.89. The zero-order valence-electron chi connectivity index (χ0n) is 10.2. The highest BCUT2D eigenvalue weighted by molar-refractivity contribution is 6.29. The van der Waals surface area contributed by atoms with Gasteiger partial charge in [-0.15, -0.1) is 0 Å². The third kappa shape index (κ3) is 4.67. The molecule has 1 aromatic rings. The monoisotopic (exact) mass is 255 g/mol. The smallest absolute Gasteiger partial charge is 0.123 e. The van der Waals surface area contributed by atoms with E-state index in [1.165, 1.54) is 0 Å². The van der Waals surface area contributed by atoms with E-state index in [9.17, 15) is 0 Å². The lowest BCUT2D eigenvalue weighted by Crippen LogP contribution is -2.18. The van der Waals surface area contributed by atoms with Gasteiger partial charge in [0.1, 0.15) is 18.1 Å². The van der Waals surface area contributed by atoms with Crippen LogP contribution in [0.4, 0.5) is 0 Å². The van der Waals surface area contributed by atoms with E-state index < -0.39 is 0 Å². The first-order valence-corrected chi connectivity index (χ1v) is 5.79. The molecule has 0 bridgehead atoms. The van der Waals surface area contributed by atoms with Crippen LogP contribution in [0.5, 0.6) is 11.5 Å². The summed E-state index contributed by atoms with van der Waals surface area (Å²) in [5.41, 5.74) is 6.81. The molecule has 1 aromatic carbocycles. The summed E-state index contributed by atoms with van der Waals surface area (Å²) in [6, 6.07) is 5.69. The zero-order valence-corrected chi connectivity index (χ0v) is 11.0. The summed E-state index contributed by atoms with van der Waals surface area (Å²) >= 11 is 5.68. The fraction of sp³-hybridized carbons (Fsp3) is 0.385. The Bertz CT molecular complexity index is 391. The Morgan fingerprint density at radius 1 is 1.53 bits per heavy atom. The van der Waals surface area contributed by atoms with Crippen LogP contribution < -0.4 is 15.2 Å². The summed E-state index contributed by atoms with van der Waals surface area (Å²) in [6.45, 7) is 5.83. The second-order valence-corrected chi connectivity index (χ2v) is 4.50. The molecular formula is C13H18ClNO2. The highest BCUT2D eigenvalue weighted by atomic mass is 35.5. The van der Waals surface area contributed by atoms with Gasteiger partial charge in [-0.2, -0.15) is 0 Å². The Morgan fingerprint density at radius 2 is 2.24 bits per heavy atom. The van der Waals surface area contributed by atoms with Gasteiger partial charge in [0, 0.05) is 11.1 Å². The van der Waals surface area contributed by atoms with Crippen molar-refractivity contribution in [1.82, 2.24) is 0 Å². The van der Waals surface area contributed by atoms with Crippen LogP contribution in [0.15, 0.2) is 29.8 Å². The molecule has 1 unspecified atom stereocenters. The molecule has 0 aliphatic heterocycles. The Labute approximate surface area is 107 Å². The third-order valence-corrected chi connectivity index (χ3v) is 2.30. The van der Waals surface area contributed by atoms with Crippen LogP contribution in [0.2, 0.25) is 0 Å². The number of benzene rings is 1. The predicted octanol–water partition coefficient (Wildman–Crippen LogP) is 2.72. The molecule has 17 heavy (non-hydrogen) atoms. The highest BCUT2D eigenvalue weighted by Gasteiger charge is 2.08. The number of halogens is 1. The largest absolute Gasteiger partial charge is 0.497 e. The second-order valence-electron chi connectivity index (χ2n) is 3.96. The van der Waals surface area contributed by atoms with Crippen molar-refractivity contribution in [2.75, 3.05) is 13.7 Å². The molecule has 1 rings (SSSR count). The molecule has 3 nitrogen and oxygen atoms in total. The first-order chi connectivity index (χ1) is 8.02. The maximum Gasteiger partial charge on any atom is 0.123 e. The number of rotatable bonds is 6. The van der Waals surface area contributed by atoms with Gasteiger partial charge in [-0.3, -0.25) is 0 Å². The van der Waals surface area contributed by atoms with Crippen molar-refractivity contribution in [2.24, 2.45) is 5.73 Å². The Kier molecular flexibility index (Phi) is 5.32. The lowest BCUT2D eigenvalue weighted by Gasteiger charge is -2.14. The molecule has 4 heteroatoms. The fourth-order valence-electron chi connectivity index (χ4n) is 1.49. The zero-order chi connectivity index (χ0) is 12.8. The van der Waals surface area contributed by atoms with Crippen molar-refractivity contribution in [3.05, 3.63) is 35.4 Å². The standard InChI is InChI=1S/C13H18ClNO2/c1-9(14)8-17-13-5-4-12(16-3)7-11(13)6-10(2)15/h4-5,7,10H,1,6,8,15H2,2-3H3. The van der Waals surface area contributed by atoms with E-state index in [-0.39, 0.29) is 6.04 Å². The SMILES string of the molecule is C=C(Cl)COc1ccc(OC)cc1CC(C)N. The van der Waals surface area contributed by atoms with Crippen LogP contribution in [0.25, 0.3) is 0 Å². The molecule has 0 aromatic heterocycles. The summed E-state index contributed by atoms with van der Waals surface area (Å²) in [4.78, 5) is 0. The fourth-order valence-corrected chi connectivity index (χ4v) is 1.54. The van der Waals surface area contributed by atoms with Gasteiger partial charge in [-0.25, -0.2) is 0 Å². The van der Waals surface area contributed by atoms with Crippen molar-refractivity contribution in [1.29, 1.82) is 0 Å². The summed E-state index contributed by atoms with van der Waals surface area (Å²) in [5, 5.41) is 0.465. The Morgan fingerprint density at radius 3 is 2.76 bits per heavy atom. The van der Waals surface area contributed by atoms with Crippen LogP contribution in [0.3, 0.4) is 0 Å². The summed E-state index contributed by atoms with van der Waals surface area (Å²) in [7, 11) is 1.63. The van der Waals surface area contributed by atoms with Gasteiger partial charge in [0.2, 0.25) is 0 Å². The van der Waals surface area contributed by atoms with Crippen molar-refractivity contribution in [2.45, 2.75) is 19.4 Å². The van der Waals surface area contributed by atoms with Gasteiger partial charge >= 0.3 is 0 Å². The molecule has 0 spiro atoms. The molecule has 2 N–H and O–H groups in total. The summed E-state index contributed by atoms with van der Waals surface area (Å²) < 4.78 is 10.7. The first kappa shape index (κ1) is 13.9. The average molecular weight is 256 g/mol. The molecule has 0 saturated heterocycles. The normalized spacial score (nSPS) is 12.0. The average Bonchev–Trinajstić information content (AvgIpc) is 2.26. The molecular weight excluding hydrogens is 238 g/mol. The number of methoxy groups -OCH3 is 1. The van der Waals surface area contributed by atoms with E-state index in [0.29, 0.717) is 11.6 Å². The van der Waals surface area contributed by atoms with Gasteiger partial charge in [0.05, 0.1) is 7.11 Å². The van der Waals surface area contributed by atoms with E-state index in [2.05, 4.69) is 6.58 Å². The second kappa shape index (κ2) is 6.52. The molecule has 0 saturated carbocycles. The van der Waals surface area contributed by atoms with Crippen LogP contribution in [0.1, 0.15) is 12.5 Å². The number of ether oxygens (including phenoxy) is 2. The van der Waals surface area contributed by atoms with E-state index in [0.717, 1.165) is 23.5 Å². The maximum atomic E-state index is 5.80. The molecule has 0 heterocycles. The number of nitrogens with two attached hydrogens (primary N) is 1. The van der Waals surface area contributed by atoms with E-state index >= 15 is 0 Å². The van der Waals surface area contributed by atoms with Gasteiger partial charge in [-0.05, 0) is 37.1 Å². The van der Waals surface area contributed by atoms with E-state index in [1.807, 2.05) is 25.1 Å². The van der Waals surface area contributed by atoms with Crippen LogP contribution in [0, 0.1) is 0 Å². The van der Waals surface area contributed by atoms with Crippen molar-refractivity contribution >= 4 is 11.6 Å². The molecule has 94 valence electrons.